The van der Waals surface area contributed by atoms with Gasteiger partial charge in [0.2, 0.25) is 0 Å². The summed E-state index contributed by atoms with van der Waals surface area (Å²) in [5.41, 5.74) is -0.254. The van der Waals surface area contributed by atoms with Crippen LogP contribution in [0.1, 0.15) is 13.3 Å². The van der Waals surface area contributed by atoms with Crippen LogP contribution in [0.25, 0.3) is 0 Å². The molecule has 0 saturated heterocycles. The number of rotatable bonds is 9. The van der Waals surface area contributed by atoms with E-state index in [1.54, 1.807) is 6.92 Å². The SMILES string of the molecule is CCOC(=O)CC1=Nc2ccc(NS(=O)(=O)OC)cc2S(=O)(=O)N1CCS(=O)(=O)O. The van der Waals surface area contributed by atoms with Gasteiger partial charge in [-0.25, -0.2) is 13.4 Å². The molecule has 1 heterocycles. The van der Waals surface area contributed by atoms with Gasteiger partial charge >= 0.3 is 16.3 Å². The number of hydrogen-bond donors (Lipinski definition) is 2. The number of benzene rings is 1. The van der Waals surface area contributed by atoms with Crippen molar-refractivity contribution in [2.45, 2.75) is 18.2 Å². The van der Waals surface area contributed by atoms with E-state index in [4.69, 9.17) is 9.29 Å². The molecule has 1 aliphatic heterocycles. The Morgan fingerprint density at radius 3 is 2.50 bits per heavy atom. The average Bonchev–Trinajstić information content (AvgIpc) is 2.61. The molecule has 0 spiro atoms. The van der Waals surface area contributed by atoms with Crippen LogP contribution in [0.15, 0.2) is 28.1 Å². The lowest BCUT2D eigenvalue weighted by molar-refractivity contribution is -0.141. The summed E-state index contributed by atoms with van der Waals surface area (Å²) in [7, 11) is -12.3. The lowest BCUT2D eigenvalue weighted by atomic mass is 10.3. The summed E-state index contributed by atoms with van der Waals surface area (Å²) < 4.78 is 92.0. The molecule has 0 bridgehead atoms. The molecule has 1 aromatic rings. The fourth-order valence-corrected chi connectivity index (χ4v) is 5.06. The van der Waals surface area contributed by atoms with E-state index in [2.05, 4.69) is 9.18 Å². The highest BCUT2D eigenvalue weighted by Crippen LogP contribution is 2.35. The highest BCUT2D eigenvalue weighted by Gasteiger charge is 2.36. The summed E-state index contributed by atoms with van der Waals surface area (Å²) in [6.07, 6.45) is -0.573. The van der Waals surface area contributed by atoms with Gasteiger partial charge in [0.05, 0.1) is 37.4 Å². The van der Waals surface area contributed by atoms with E-state index < -0.39 is 60.0 Å². The third kappa shape index (κ3) is 5.88. The zero-order valence-electron chi connectivity index (χ0n) is 15.8. The van der Waals surface area contributed by atoms with Crippen molar-refractivity contribution < 1.29 is 43.5 Å². The Labute approximate surface area is 173 Å². The van der Waals surface area contributed by atoms with Crippen LogP contribution in [-0.4, -0.2) is 71.9 Å². The summed E-state index contributed by atoms with van der Waals surface area (Å²) >= 11 is 0. The lowest BCUT2D eigenvalue weighted by Crippen LogP contribution is -2.42. The number of esters is 1. The summed E-state index contributed by atoms with van der Waals surface area (Å²) in [6, 6.07) is 3.39. The van der Waals surface area contributed by atoms with Crippen LogP contribution in [0.2, 0.25) is 0 Å². The van der Waals surface area contributed by atoms with Gasteiger partial charge in [0, 0.05) is 0 Å². The number of aliphatic imine (C=N–C) groups is 1. The van der Waals surface area contributed by atoms with Crippen molar-refractivity contribution in [3.8, 4) is 0 Å². The third-order valence-corrected chi connectivity index (χ3v) is 7.17. The summed E-state index contributed by atoms with van der Waals surface area (Å²) in [5.74, 6) is -2.06. The zero-order chi connectivity index (χ0) is 22.7. The fourth-order valence-electron chi connectivity index (χ4n) is 2.43. The molecule has 13 nitrogen and oxygen atoms in total. The molecular formula is C14H19N3O10S3. The first kappa shape index (κ1) is 24.0. The van der Waals surface area contributed by atoms with Crippen molar-refractivity contribution in [1.29, 1.82) is 0 Å². The second-order valence-corrected chi connectivity index (χ2v) is 10.6. The molecule has 0 saturated carbocycles. The number of nitrogens with zero attached hydrogens (tertiary/aromatic N) is 2. The Bertz CT molecular complexity index is 1170. The number of fused-ring (bicyclic) bond motifs is 1. The predicted octanol–water partition coefficient (Wildman–Crippen LogP) is -0.135. The van der Waals surface area contributed by atoms with E-state index in [0.29, 0.717) is 4.31 Å². The Kier molecular flexibility index (Phi) is 7.08. The predicted molar refractivity (Wildman–Crippen MR) is 105 cm³/mol. The molecule has 1 aliphatic rings. The molecule has 2 N–H and O–H groups in total. The average molecular weight is 486 g/mol. The van der Waals surface area contributed by atoms with Crippen LogP contribution in [0.4, 0.5) is 11.4 Å². The van der Waals surface area contributed by atoms with Crippen molar-refractivity contribution in [1.82, 2.24) is 4.31 Å². The van der Waals surface area contributed by atoms with E-state index in [1.807, 2.05) is 4.72 Å². The summed E-state index contributed by atoms with van der Waals surface area (Å²) in [6.45, 7) is 0.849. The van der Waals surface area contributed by atoms with Gasteiger partial charge in [-0.05, 0) is 25.1 Å². The van der Waals surface area contributed by atoms with Crippen LogP contribution in [0, 0.1) is 0 Å². The number of hydrogen-bond acceptors (Lipinski definition) is 10. The highest BCUT2D eigenvalue weighted by molar-refractivity contribution is 7.90. The minimum atomic E-state index is -4.53. The Balaban J connectivity index is 2.54. The molecule has 1 aromatic carbocycles. The molecule has 2 rings (SSSR count). The van der Waals surface area contributed by atoms with E-state index >= 15 is 0 Å². The van der Waals surface area contributed by atoms with Gasteiger partial charge in [-0.15, -0.1) is 0 Å². The maximum Gasteiger partial charge on any atom is 0.359 e. The molecule has 0 fully saturated rings. The van der Waals surface area contributed by atoms with Crippen LogP contribution in [0.3, 0.4) is 0 Å². The topological polar surface area (TPSA) is 186 Å². The molecule has 0 aliphatic carbocycles. The van der Waals surface area contributed by atoms with Gasteiger partial charge in [-0.3, -0.25) is 22.6 Å². The van der Waals surface area contributed by atoms with Gasteiger partial charge in [0.1, 0.15) is 17.2 Å². The molecule has 0 unspecified atom stereocenters. The molecule has 0 aromatic heterocycles. The minimum Gasteiger partial charge on any atom is -0.466 e. The molecule has 30 heavy (non-hydrogen) atoms. The number of nitrogens with one attached hydrogen (secondary N) is 1. The largest absolute Gasteiger partial charge is 0.466 e. The maximum atomic E-state index is 13.1. The van der Waals surface area contributed by atoms with Gasteiger partial charge in [-0.1, -0.05) is 0 Å². The van der Waals surface area contributed by atoms with Crippen molar-refractivity contribution in [3.05, 3.63) is 18.2 Å². The number of sulfonamides is 1. The first-order valence-electron chi connectivity index (χ1n) is 8.22. The Morgan fingerprint density at radius 1 is 1.27 bits per heavy atom. The second kappa shape index (κ2) is 8.84. The normalized spacial score (nSPS) is 15.8. The van der Waals surface area contributed by atoms with Crippen molar-refractivity contribution in [2.75, 3.05) is 30.7 Å². The molecular weight excluding hydrogens is 466 g/mol. The molecule has 168 valence electrons. The van der Waals surface area contributed by atoms with Gasteiger partial charge < -0.3 is 4.74 Å². The number of amidine groups is 1. The van der Waals surface area contributed by atoms with Gasteiger partial charge in [0.25, 0.3) is 20.1 Å². The fraction of sp³-hybridized carbons (Fsp3) is 0.429. The monoisotopic (exact) mass is 485 g/mol. The molecule has 16 heteroatoms. The Morgan fingerprint density at radius 2 is 1.93 bits per heavy atom. The number of anilines is 1. The number of carbonyl (C=O) groups excluding carboxylic acids is 1. The summed E-state index contributed by atoms with van der Waals surface area (Å²) in [5, 5.41) is 0. The minimum absolute atomic E-state index is 0.0312. The second-order valence-electron chi connectivity index (χ2n) is 5.78. The van der Waals surface area contributed by atoms with Crippen molar-refractivity contribution >= 4 is 53.6 Å². The van der Waals surface area contributed by atoms with E-state index in [1.165, 1.54) is 12.1 Å². The van der Waals surface area contributed by atoms with Crippen LogP contribution >= 0.6 is 0 Å². The van der Waals surface area contributed by atoms with Gasteiger partial charge in [0.15, 0.2) is 0 Å². The number of ether oxygens (including phenoxy) is 1. The zero-order valence-corrected chi connectivity index (χ0v) is 18.3. The lowest BCUT2D eigenvalue weighted by Gasteiger charge is -2.29. The molecule has 0 radical (unpaired) electrons. The van der Waals surface area contributed by atoms with Crippen molar-refractivity contribution in [3.63, 3.8) is 0 Å². The molecule has 0 atom stereocenters. The first-order chi connectivity index (χ1) is 13.8. The highest BCUT2D eigenvalue weighted by atomic mass is 32.2. The van der Waals surface area contributed by atoms with Gasteiger partial charge in [-0.2, -0.15) is 16.8 Å². The standard InChI is InChI=1S/C14H19N3O10S3/c1-3-27-14(18)9-13-15-11-5-4-10(16-30(24,25)26-2)8-12(11)29(22,23)17(13)6-7-28(19,20)21/h4-5,8,16H,3,6-7,9H2,1-2H3,(H,19,20,21). The first-order valence-corrected chi connectivity index (χ1v) is 12.7. The Hall–Kier alpha value is -2.27. The van der Waals surface area contributed by atoms with E-state index in [9.17, 15) is 30.0 Å². The third-order valence-electron chi connectivity index (χ3n) is 3.69. The van der Waals surface area contributed by atoms with E-state index in [0.717, 1.165) is 13.2 Å². The van der Waals surface area contributed by atoms with Crippen LogP contribution in [0.5, 0.6) is 0 Å². The smallest absolute Gasteiger partial charge is 0.359 e. The van der Waals surface area contributed by atoms with Crippen molar-refractivity contribution in [2.24, 2.45) is 4.99 Å². The quantitative estimate of drug-likeness (QED) is 0.352. The summed E-state index contributed by atoms with van der Waals surface area (Å²) in [4.78, 5) is 15.5. The number of carbonyl (C=O) groups is 1. The maximum absolute atomic E-state index is 13.1. The van der Waals surface area contributed by atoms with Crippen LogP contribution < -0.4 is 4.72 Å². The molecule has 0 amide bonds. The van der Waals surface area contributed by atoms with E-state index in [-0.39, 0.29) is 23.8 Å². The van der Waals surface area contributed by atoms with Crippen LogP contribution in [-0.2, 0) is 44.2 Å².